The maximum absolute atomic E-state index is 12.7. The molecule has 1 aliphatic heterocycles. The van der Waals surface area contributed by atoms with Gasteiger partial charge in [-0.3, -0.25) is 9.59 Å². The first kappa shape index (κ1) is 18.8. The fraction of sp³-hybridized carbons (Fsp3) is 0.300. The second-order valence-electron chi connectivity index (χ2n) is 6.35. The number of hydrogen-bond acceptors (Lipinski definition) is 3. The molecule has 1 saturated heterocycles. The van der Waals surface area contributed by atoms with Crippen LogP contribution in [0.4, 0.5) is 14.5 Å². The first-order valence-electron chi connectivity index (χ1n) is 8.73. The number of nitrogens with one attached hydrogen (secondary N) is 1. The molecule has 3 rings (SSSR count). The van der Waals surface area contributed by atoms with Gasteiger partial charge in [0, 0.05) is 24.3 Å². The maximum atomic E-state index is 12.7. The van der Waals surface area contributed by atoms with E-state index in [-0.39, 0.29) is 23.5 Å². The number of alkyl halides is 2. The SMILES string of the molecule is O=C(Nc1ccccc1)C1CCCN(C(=O)c2ccc(OC(F)F)cc2)C1. The summed E-state index contributed by atoms with van der Waals surface area (Å²) in [6, 6.07) is 14.8. The third-order valence-electron chi connectivity index (χ3n) is 4.45. The Kier molecular flexibility index (Phi) is 6.01. The zero-order chi connectivity index (χ0) is 19.2. The van der Waals surface area contributed by atoms with Crippen LogP contribution >= 0.6 is 0 Å². The molecule has 7 heteroatoms. The molecule has 1 unspecified atom stereocenters. The van der Waals surface area contributed by atoms with E-state index in [1.54, 1.807) is 4.90 Å². The van der Waals surface area contributed by atoms with Crippen molar-refractivity contribution >= 4 is 17.5 Å². The number of amides is 2. The molecule has 0 radical (unpaired) electrons. The van der Waals surface area contributed by atoms with Crippen molar-refractivity contribution in [3.63, 3.8) is 0 Å². The van der Waals surface area contributed by atoms with Crippen molar-refractivity contribution in [2.75, 3.05) is 18.4 Å². The van der Waals surface area contributed by atoms with Gasteiger partial charge in [-0.1, -0.05) is 18.2 Å². The molecule has 0 aliphatic carbocycles. The third-order valence-corrected chi connectivity index (χ3v) is 4.45. The van der Waals surface area contributed by atoms with Crippen LogP contribution in [0.25, 0.3) is 0 Å². The van der Waals surface area contributed by atoms with Crippen molar-refractivity contribution in [1.29, 1.82) is 0 Å². The van der Waals surface area contributed by atoms with Gasteiger partial charge in [-0.25, -0.2) is 0 Å². The molecule has 0 aromatic heterocycles. The minimum atomic E-state index is -2.91. The molecule has 0 bridgehead atoms. The molecule has 1 aliphatic rings. The van der Waals surface area contributed by atoms with Gasteiger partial charge in [0.15, 0.2) is 0 Å². The summed E-state index contributed by atoms with van der Waals surface area (Å²) < 4.78 is 28.7. The number of benzene rings is 2. The number of para-hydroxylation sites is 1. The van der Waals surface area contributed by atoms with Crippen LogP contribution in [0.5, 0.6) is 5.75 Å². The van der Waals surface area contributed by atoms with E-state index in [1.165, 1.54) is 24.3 Å². The van der Waals surface area contributed by atoms with Gasteiger partial charge in [-0.2, -0.15) is 8.78 Å². The van der Waals surface area contributed by atoms with E-state index < -0.39 is 6.61 Å². The molecule has 0 spiro atoms. The lowest BCUT2D eigenvalue weighted by atomic mass is 9.96. The van der Waals surface area contributed by atoms with E-state index in [2.05, 4.69) is 10.1 Å². The Morgan fingerprint density at radius 1 is 1.07 bits per heavy atom. The summed E-state index contributed by atoms with van der Waals surface area (Å²) in [4.78, 5) is 26.8. The van der Waals surface area contributed by atoms with Gasteiger partial charge >= 0.3 is 6.61 Å². The number of rotatable bonds is 5. The minimum Gasteiger partial charge on any atom is -0.435 e. The van der Waals surface area contributed by atoms with E-state index in [4.69, 9.17) is 0 Å². The van der Waals surface area contributed by atoms with E-state index in [9.17, 15) is 18.4 Å². The number of piperidine rings is 1. The third kappa shape index (κ3) is 5.03. The van der Waals surface area contributed by atoms with Gasteiger partial charge in [-0.15, -0.1) is 0 Å². The van der Waals surface area contributed by atoms with Gasteiger partial charge in [0.05, 0.1) is 5.92 Å². The number of halogens is 2. The average molecular weight is 374 g/mol. The fourth-order valence-electron chi connectivity index (χ4n) is 3.10. The average Bonchev–Trinajstić information content (AvgIpc) is 2.68. The highest BCUT2D eigenvalue weighted by Crippen LogP contribution is 2.22. The van der Waals surface area contributed by atoms with Gasteiger partial charge in [-0.05, 0) is 49.2 Å². The van der Waals surface area contributed by atoms with Crippen LogP contribution in [0.1, 0.15) is 23.2 Å². The minimum absolute atomic E-state index is 0.000287. The van der Waals surface area contributed by atoms with Crippen LogP contribution in [0.3, 0.4) is 0 Å². The predicted molar refractivity (Wildman–Crippen MR) is 96.8 cm³/mol. The van der Waals surface area contributed by atoms with Crippen molar-refractivity contribution in [2.24, 2.45) is 5.92 Å². The Morgan fingerprint density at radius 2 is 1.78 bits per heavy atom. The Labute approximate surface area is 155 Å². The fourth-order valence-corrected chi connectivity index (χ4v) is 3.10. The summed E-state index contributed by atoms with van der Waals surface area (Å²) >= 11 is 0. The monoisotopic (exact) mass is 374 g/mol. The highest BCUT2D eigenvalue weighted by Gasteiger charge is 2.29. The highest BCUT2D eigenvalue weighted by atomic mass is 19.3. The van der Waals surface area contributed by atoms with Gasteiger partial charge < -0.3 is 15.0 Å². The van der Waals surface area contributed by atoms with Crippen LogP contribution in [-0.4, -0.2) is 36.4 Å². The first-order valence-corrected chi connectivity index (χ1v) is 8.73. The van der Waals surface area contributed by atoms with Crippen molar-refractivity contribution < 1.29 is 23.1 Å². The Morgan fingerprint density at radius 3 is 2.44 bits per heavy atom. The van der Waals surface area contributed by atoms with Crippen LogP contribution in [0, 0.1) is 5.92 Å². The molecule has 2 amide bonds. The Hall–Kier alpha value is -2.96. The van der Waals surface area contributed by atoms with Crippen molar-refractivity contribution in [3.8, 4) is 5.75 Å². The van der Waals surface area contributed by atoms with Gasteiger partial charge in [0.2, 0.25) is 5.91 Å². The summed E-state index contributed by atoms with van der Waals surface area (Å²) in [7, 11) is 0. The van der Waals surface area contributed by atoms with Crippen LogP contribution in [0.15, 0.2) is 54.6 Å². The number of likely N-dealkylation sites (tertiary alicyclic amines) is 1. The molecule has 142 valence electrons. The van der Waals surface area contributed by atoms with E-state index >= 15 is 0 Å². The topological polar surface area (TPSA) is 58.6 Å². The summed E-state index contributed by atoms with van der Waals surface area (Å²) in [6.45, 7) is -2.02. The van der Waals surface area contributed by atoms with Gasteiger partial charge in [0.1, 0.15) is 5.75 Å². The molecule has 1 heterocycles. The Bertz CT molecular complexity index is 782. The van der Waals surface area contributed by atoms with Crippen LogP contribution in [0.2, 0.25) is 0 Å². The summed E-state index contributed by atoms with van der Waals surface area (Å²) in [5.41, 5.74) is 1.10. The second kappa shape index (κ2) is 8.62. The molecule has 1 fully saturated rings. The number of ether oxygens (including phenoxy) is 1. The summed E-state index contributed by atoms with van der Waals surface area (Å²) in [5, 5.41) is 2.87. The summed E-state index contributed by atoms with van der Waals surface area (Å²) in [6.07, 6.45) is 1.44. The molecule has 2 aromatic rings. The second-order valence-corrected chi connectivity index (χ2v) is 6.35. The highest BCUT2D eigenvalue weighted by molar-refractivity contribution is 5.96. The smallest absolute Gasteiger partial charge is 0.387 e. The largest absolute Gasteiger partial charge is 0.435 e. The predicted octanol–water partition coefficient (Wildman–Crippen LogP) is 3.78. The Balaban J connectivity index is 1.61. The summed E-state index contributed by atoms with van der Waals surface area (Å²) in [5.74, 6) is -0.625. The van der Waals surface area contributed by atoms with Crippen molar-refractivity contribution in [2.45, 2.75) is 19.5 Å². The zero-order valence-corrected chi connectivity index (χ0v) is 14.6. The molecule has 2 aromatic carbocycles. The molecule has 5 nitrogen and oxygen atoms in total. The van der Waals surface area contributed by atoms with Crippen LogP contribution < -0.4 is 10.1 Å². The number of hydrogen-bond donors (Lipinski definition) is 1. The standard InChI is InChI=1S/C20H20F2N2O3/c21-20(22)27-17-10-8-14(9-11-17)19(26)24-12-4-5-15(13-24)18(25)23-16-6-2-1-3-7-16/h1-3,6-11,15,20H,4-5,12-13H2,(H,23,25). The first-order chi connectivity index (χ1) is 13.0. The lowest BCUT2D eigenvalue weighted by Crippen LogP contribution is -2.43. The maximum Gasteiger partial charge on any atom is 0.387 e. The number of anilines is 1. The lowest BCUT2D eigenvalue weighted by molar-refractivity contribution is -0.121. The van der Waals surface area contributed by atoms with Gasteiger partial charge in [0.25, 0.3) is 5.91 Å². The normalized spacial score (nSPS) is 16.9. The van der Waals surface area contributed by atoms with E-state index in [0.717, 1.165) is 12.1 Å². The van der Waals surface area contributed by atoms with E-state index in [1.807, 2.05) is 30.3 Å². The van der Waals surface area contributed by atoms with Crippen molar-refractivity contribution in [1.82, 2.24) is 4.90 Å². The number of carbonyl (C=O) groups excluding carboxylic acids is 2. The quantitative estimate of drug-likeness (QED) is 0.867. The molecular weight excluding hydrogens is 354 g/mol. The molecule has 1 N–H and O–H groups in total. The van der Waals surface area contributed by atoms with E-state index in [0.29, 0.717) is 25.1 Å². The number of nitrogens with zero attached hydrogens (tertiary/aromatic N) is 1. The molecular formula is C20H20F2N2O3. The lowest BCUT2D eigenvalue weighted by Gasteiger charge is -2.32. The molecule has 0 saturated carbocycles. The van der Waals surface area contributed by atoms with Crippen LogP contribution in [-0.2, 0) is 4.79 Å². The zero-order valence-electron chi connectivity index (χ0n) is 14.6. The molecule has 27 heavy (non-hydrogen) atoms. The molecule has 1 atom stereocenters. The van der Waals surface area contributed by atoms with Crippen molar-refractivity contribution in [3.05, 3.63) is 60.2 Å². The number of carbonyl (C=O) groups is 2.